The molecule has 0 aliphatic heterocycles. The Morgan fingerprint density at radius 2 is 2.05 bits per heavy atom. The number of rotatable bonds is 3. The van der Waals surface area contributed by atoms with E-state index in [-0.39, 0.29) is 0 Å². The fraction of sp³-hybridized carbons (Fsp3) is 0.375. The van der Waals surface area contributed by atoms with Gasteiger partial charge in [-0.25, -0.2) is 4.98 Å². The summed E-state index contributed by atoms with van der Waals surface area (Å²) in [5.41, 5.74) is 1.23. The summed E-state index contributed by atoms with van der Waals surface area (Å²) in [6.07, 6.45) is 8.06. The van der Waals surface area contributed by atoms with Crippen molar-refractivity contribution < 1.29 is 4.42 Å². The predicted molar refractivity (Wildman–Crippen MR) is 79.4 cm³/mol. The summed E-state index contributed by atoms with van der Waals surface area (Å²) in [4.78, 5) is 5.42. The molecule has 1 fully saturated rings. The van der Waals surface area contributed by atoms with Crippen molar-refractivity contribution in [2.24, 2.45) is 0 Å². The number of pyridine rings is 1. The lowest BCUT2D eigenvalue weighted by Gasteiger charge is -2.21. The molecule has 1 aliphatic rings. The Labute approximate surface area is 123 Å². The molecule has 1 aliphatic carbocycles. The number of aromatic nitrogens is 1. The number of hydrogen-bond acceptors (Lipinski definition) is 4. The van der Waals surface area contributed by atoms with E-state index in [1.165, 1.54) is 32.1 Å². The summed E-state index contributed by atoms with van der Waals surface area (Å²) < 4.78 is 5.33. The van der Waals surface area contributed by atoms with Crippen molar-refractivity contribution in [1.29, 1.82) is 5.26 Å². The molecule has 3 rings (SSSR count). The van der Waals surface area contributed by atoms with Crippen LogP contribution >= 0.6 is 11.8 Å². The molecule has 0 aromatic carbocycles. The first-order valence-electron chi connectivity index (χ1n) is 6.98. The van der Waals surface area contributed by atoms with E-state index in [1.54, 1.807) is 18.0 Å². The van der Waals surface area contributed by atoms with Gasteiger partial charge in [0.05, 0.1) is 6.26 Å². The molecule has 2 aromatic rings. The second kappa shape index (κ2) is 6.15. The molecule has 0 amide bonds. The number of furan rings is 1. The van der Waals surface area contributed by atoms with E-state index >= 15 is 0 Å². The highest BCUT2D eigenvalue weighted by Crippen LogP contribution is 2.35. The molecule has 0 unspecified atom stereocenters. The monoisotopic (exact) mass is 284 g/mol. The van der Waals surface area contributed by atoms with Gasteiger partial charge in [-0.2, -0.15) is 5.26 Å². The van der Waals surface area contributed by atoms with E-state index in [1.807, 2.05) is 24.3 Å². The number of thioether (sulfide) groups is 1. The van der Waals surface area contributed by atoms with E-state index in [4.69, 9.17) is 4.42 Å². The van der Waals surface area contributed by atoms with Crippen LogP contribution in [0.2, 0.25) is 0 Å². The van der Waals surface area contributed by atoms with Gasteiger partial charge in [0.15, 0.2) is 11.5 Å². The Balaban J connectivity index is 1.83. The van der Waals surface area contributed by atoms with Crippen molar-refractivity contribution in [3.8, 4) is 17.5 Å². The summed E-state index contributed by atoms with van der Waals surface area (Å²) in [6, 6.07) is 9.84. The first-order valence-corrected chi connectivity index (χ1v) is 7.86. The summed E-state index contributed by atoms with van der Waals surface area (Å²) in [5.74, 6) is 0.704. The molecule has 1 saturated carbocycles. The van der Waals surface area contributed by atoms with Gasteiger partial charge in [-0.1, -0.05) is 19.3 Å². The van der Waals surface area contributed by atoms with E-state index < -0.39 is 0 Å². The molecule has 0 spiro atoms. The van der Waals surface area contributed by atoms with E-state index in [9.17, 15) is 5.26 Å². The van der Waals surface area contributed by atoms with Crippen LogP contribution < -0.4 is 0 Å². The Morgan fingerprint density at radius 3 is 2.75 bits per heavy atom. The minimum absolute atomic E-state index is 0.509. The van der Waals surface area contributed by atoms with E-state index in [0.29, 0.717) is 16.7 Å². The van der Waals surface area contributed by atoms with Gasteiger partial charge < -0.3 is 4.42 Å². The fourth-order valence-electron chi connectivity index (χ4n) is 2.55. The van der Waals surface area contributed by atoms with Crippen molar-refractivity contribution in [2.45, 2.75) is 42.2 Å². The lowest BCUT2D eigenvalue weighted by Crippen LogP contribution is -2.08. The summed E-state index contributed by atoms with van der Waals surface area (Å²) in [6.45, 7) is 0. The number of nitrogens with zero attached hydrogens (tertiary/aromatic N) is 2. The standard InChI is InChI=1S/C16H16N2OS/c17-11-14-16(20-12-5-2-1-3-6-12)9-8-13(18-14)15-7-4-10-19-15/h4,7-10,12H,1-3,5-6H2. The van der Waals surface area contributed by atoms with Crippen LogP contribution in [0.25, 0.3) is 11.5 Å². The first kappa shape index (κ1) is 13.3. The average molecular weight is 284 g/mol. The van der Waals surface area contributed by atoms with Gasteiger partial charge in [0.2, 0.25) is 0 Å². The molecule has 0 radical (unpaired) electrons. The summed E-state index contributed by atoms with van der Waals surface area (Å²) in [5, 5.41) is 9.95. The Bertz CT molecular complexity index is 610. The Kier molecular flexibility index (Phi) is 4.08. The number of nitriles is 1. The molecule has 2 aromatic heterocycles. The highest BCUT2D eigenvalue weighted by Gasteiger charge is 2.17. The number of hydrogen-bond donors (Lipinski definition) is 0. The lowest BCUT2D eigenvalue weighted by molar-refractivity contribution is 0.516. The van der Waals surface area contributed by atoms with Crippen LogP contribution in [-0.2, 0) is 0 Å². The highest BCUT2D eigenvalue weighted by molar-refractivity contribution is 8.00. The normalized spacial score (nSPS) is 15.9. The van der Waals surface area contributed by atoms with Crippen LogP contribution in [0.5, 0.6) is 0 Å². The maximum Gasteiger partial charge on any atom is 0.154 e. The van der Waals surface area contributed by atoms with Crippen molar-refractivity contribution in [3.05, 3.63) is 36.2 Å². The molecule has 0 bridgehead atoms. The van der Waals surface area contributed by atoms with Crippen molar-refractivity contribution >= 4 is 11.8 Å². The minimum atomic E-state index is 0.509. The molecule has 20 heavy (non-hydrogen) atoms. The predicted octanol–water partition coefficient (Wildman–Crippen LogP) is 4.64. The van der Waals surface area contributed by atoms with Gasteiger partial charge in [-0.3, -0.25) is 0 Å². The van der Waals surface area contributed by atoms with Gasteiger partial charge in [0.1, 0.15) is 11.8 Å². The van der Waals surface area contributed by atoms with Crippen LogP contribution in [0.1, 0.15) is 37.8 Å². The van der Waals surface area contributed by atoms with Gasteiger partial charge in [0, 0.05) is 10.1 Å². The summed E-state index contributed by atoms with van der Waals surface area (Å²) >= 11 is 1.81. The molecular formula is C16H16N2OS. The quantitative estimate of drug-likeness (QED) is 0.824. The van der Waals surface area contributed by atoms with Crippen LogP contribution in [0, 0.1) is 11.3 Å². The van der Waals surface area contributed by atoms with E-state index in [2.05, 4.69) is 11.1 Å². The second-order valence-corrected chi connectivity index (χ2v) is 6.35. The SMILES string of the molecule is N#Cc1nc(-c2ccco2)ccc1SC1CCCCC1. The summed E-state index contributed by atoms with van der Waals surface area (Å²) in [7, 11) is 0. The molecule has 0 saturated heterocycles. The molecule has 102 valence electrons. The highest BCUT2D eigenvalue weighted by atomic mass is 32.2. The van der Waals surface area contributed by atoms with Gasteiger partial charge in [0.25, 0.3) is 0 Å². The van der Waals surface area contributed by atoms with Crippen molar-refractivity contribution in [3.63, 3.8) is 0 Å². The first-order chi connectivity index (χ1) is 9.86. The van der Waals surface area contributed by atoms with E-state index in [0.717, 1.165) is 10.6 Å². The Morgan fingerprint density at radius 1 is 1.20 bits per heavy atom. The third kappa shape index (κ3) is 2.88. The molecule has 0 atom stereocenters. The fourth-order valence-corrected chi connectivity index (χ4v) is 3.82. The Hall–Kier alpha value is -1.73. The molecule has 0 N–H and O–H groups in total. The largest absolute Gasteiger partial charge is 0.463 e. The van der Waals surface area contributed by atoms with Crippen LogP contribution in [0.4, 0.5) is 0 Å². The zero-order valence-electron chi connectivity index (χ0n) is 11.2. The lowest BCUT2D eigenvalue weighted by atomic mass is 10.0. The third-order valence-corrected chi connectivity index (χ3v) is 4.97. The zero-order valence-corrected chi connectivity index (χ0v) is 12.0. The maximum absolute atomic E-state index is 9.31. The zero-order chi connectivity index (χ0) is 13.8. The van der Waals surface area contributed by atoms with Crippen molar-refractivity contribution in [2.75, 3.05) is 0 Å². The minimum Gasteiger partial charge on any atom is -0.463 e. The molecule has 3 nitrogen and oxygen atoms in total. The smallest absolute Gasteiger partial charge is 0.154 e. The van der Waals surface area contributed by atoms with Gasteiger partial charge >= 0.3 is 0 Å². The average Bonchev–Trinajstić information content (AvgIpc) is 3.03. The van der Waals surface area contributed by atoms with Crippen LogP contribution in [0.15, 0.2) is 39.8 Å². The molecule has 2 heterocycles. The molecule has 4 heteroatoms. The van der Waals surface area contributed by atoms with Gasteiger partial charge in [-0.05, 0) is 37.1 Å². The topological polar surface area (TPSA) is 49.8 Å². The third-order valence-electron chi connectivity index (χ3n) is 3.58. The maximum atomic E-state index is 9.31. The second-order valence-electron chi connectivity index (χ2n) is 5.01. The van der Waals surface area contributed by atoms with Crippen molar-refractivity contribution in [1.82, 2.24) is 4.98 Å². The van der Waals surface area contributed by atoms with Crippen LogP contribution in [-0.4, -0.2) is 10.2 Å². The van der Waals surface area contributed by atoms with Crippen LogP contribution in [0.3, 0.4) is 0 Å². The van der Waals surface area contributed by atoms with Gasteiger partial charge in [-0.15, -0.1) is 11.8 Å². The molecular weight excluding hydrogens is 268 g/mol.